The Morgan fingerprint density at radius 3 is 2.46 bits per heavy atom. The predicted octanol–water partition coefficient (Wildman–Crippen LogP) is 4.17. The first-order chi connectivity index (χ1) is 11.2. The lowest BCUT2D eigenvalue weighted by Gasteiger charge is -2.35. The van der Waals surface area contributed by atoms with Gasteiger partial charge in [-0.25, -0.2) is 4.79 Å². The van der Waals surface area contributed by atoms with Gasteiger partial charge in [-0.3, -0.25) is 4.79 Å². The Kier molecular flexibility index (Phi) is 6.15. The van der Waals surface area contributed by atoms with Crippen LogP contribution in [0.1, 0.15) is 50.2 Å². The fourth-order valence-corrected chi connectivity index (χ4v) is 3.69. The molecule has 5 nitrogen and oxygen atoms in total. The van der Waals surface area contributed by atoms with E-state index in [4.69, 9.17) is 16.3 Å². The molecule has 0 aromatic carbocycles. The third-order valence-electron chi connectivity index (χ3n) is 4.05. The van der Waals surface area contributed by atoms with E-state index in [0.29, 0.717) is 28.2 Å². The van der Waals surface area contributed by atoms with Gasteiger partial charge in [-0.15, -0.1) is 11.3 Å². The van der Waals surface area contributed by atoms with Gasteiger partial charge in [0.05, 0.1) is 9.21 Å². The average molecular weight is 373 g/mol. The average Bonchev–Trinajstić information content (AvgIpc) is 2.92. The second-order valence-electron chi connectivity index (χ2n) is 7.17. The molecule has 1 aromatic rings. The zero-order valence-electron chi connectivity index (χ0n) is 14.6. The fourth-order valence-electron chi connectivity index (χ4n) is 2.74. The number of carbonyl (C=O) groups excluding carboxylic acids is 2. The summed E-state index contributed by atoms with van der Waals surface area (Å²) in [5, 5.41) is 3.04. The van der Waals surface area contributed by atoms with Gasteiger partial charge in [0.15, 0.2) is 0 Å². The van der Waals surface area contributed by atoms with Crippen molar-refractivity contribution in [3.05, 3.63) is 21.3 Å². The van der Waals surface area contributed by atoms with Crippen molar-refractivity contribution in [1.29, 1.82) is 0 Å². The number of hydrogen-bond donors (Lipinski definition) is 1. The summed E-state index contributed by atoms with van der Waals surface area (Å²) in [6, 6.07) is 3.52. The maximum absolute atomic E-state index is 12.2. The van der Waals surface area contributed by atoms with E-state index in [0.717, 1.165) is 12.8 Å². The highest BCUT2D eigenvalue weighted by molar-refractivity contribution is 7.17. The Morgan fingerprint density at radius 1 is 1.33 bits per heavy atom. The number of thiophene rings is 1. The molecule has 1 aliphatic rings. The van der Waals surface area contributed by atoms with Gasteiger partial charge >= 0.3 is 6.09 Å². The smallest absolute Gasteiger partial charge is 0.410 e. The second-order valence-corrected chi connectivity index (χ2v) is 8.89. The third kappa shape index (κ3) is 5.38. The number of rotatable bonds is 3. The topological polar surface area (TPSA) is 58.6 Å². The van der Waals surface area contributed by atoms with E-state index >= 15 is 0 Å². The molecule has 0 aliphatic carbocycles. The molecule has 2 amide bonds. The van der Waals surface area contributed by atoms with Crippen molar-refractivity contribution in [3.63, 3.8) is 0 Å². The lowest BCUT2D eigenvalue weighted by Crippen LogP contribution is -2.46. The molecule has 0 spiro atoms. The number of nitrogens with zero attached hydrogens (tertiary/aromatic N) is 1. The van der Waals surface area contributed by atoms with E-state index < -0.39 is 5.60 Å². The SMILES string of the molecule is CC(NC(=O)c1ccc(Cl)s1)C1CCN(C(=O)OC(C)(C)C)CC1. The Bertz CT molecular complexity index is 589. The second kappa shape index (κ2) is 7.74. The van der Waals surface area contributed by atoms with Gasteiger partial charge in [-0.2, -0.15) is 0 Å². The normalized spacial score (nSPS) is 17.5. The lowest BCUT2D eigenvalue weighted by atomic mass is 9.90. The minimum Gasteiger partial charge on any atom is -0.444 e. The van der Waals surface area contributed by atoms with Gasteiger partial charge in [0.1, 0.15) is 5.60 Å². The Morgan fingerprint density at radius 2 is 1.96 bits per heavy atom. The number of hydrogen-bond acceptors (Lipinski definition) is 4. The van der Waals surface area contributed by atoms with E-state index in [9.17, 15) is 9.59 Å². The quantitative estimate of drug-likeness (QED) is 0.866. The summed E-state index contributed by atoms with van der Waals surface area (Å²) in [4.78, 5) is 26.6. The summed E-state index contributed by atoms with van der Waals surface area (Å²) >= 11 is 7.15. The molecular weight excluding hydrogens is 348 g/mol. The number of carbonyl (C=O) groups is 2. The van der Waals surface area contributed by atoms with Gasteiger partial charge in [-0.05, 0) is 58.6 Å². The maximum Gasteiger partial charge on any atom is 0.410 e. The van der Waals surface area contributed by atoms with E-state index in [-0.39, 0.29) is 18.0 Å². The Labute approximate surface area is 152 Å². The molecule has 2 heterocycles. The van der Waals surface area contributed by atoms with Crippen LogP contribution in [0, 0.1) is 5.92 Å². The van der Waals surface area contributed by atoms with Crippen LogP contribution in [0.15, 0.2) is 12.1 Å². The van der Waals surface area contributed by atoms with Crippen molar-refractivity contribution in [2.75, 3.05) is 13.1 Å². The summed E-state index contributed by atoms with van der Waals surface area (Å²) in [6.45, 7) is 8.93. The molecule has 134 valence electrons. The lowest BCUT2D eigenvalue weighted by molar-refractivity contribution is 0.0170. The number of likely N-dealkylation sites (tertiary alicyclic amines) is 1. The molecule has 1 atom stereocenters. The van der Waals surface area contributed by atoms with Crippen molar-refractivity contribution in [1.82, 2.24) is 10.2 Å². The van der Waals surface area contributed by atoms with Crippen molar-refractivity contribution in [3.8, 4) is 0 Å². The maximum atomic E-state index is 12.2. The van der Waals surface area contributed by atoms with Crippen molar-refractivity contribution in [2.24, 2.45) is 5.92 Å². The van der Waals surface area contributed by atoms with Crippen LogP contribution in [-0.4, -0.2) is 41.6 Å². The van der Waals surface area contributed by atoms with E-state index in [1.165, 1.54) is 11.3 Å². The van der Waals surface area contributed by atoms with Crippen LogP contribution in [0.4, 0.5) is 4.79 Å². The van der Waals surface area contributed by atoms with E-state index in [1.807, 2.05) is 27.7 Å². The first kappa shape index (κ1) is 19.1. The molecule has 0 saturated carbocycles. The monoisotopic (exact) mass is 372 g/mol. The summed E-state index contributed by atoms with van der Waals surface area (Å²) in [6.07, 6.45) is 1.45. The highest BCUT2D eigenvalue weighted by Crippen LogP contribution is 2.24. The number of halogens is 1. The molecule has 7 heteroatoms. The molecule has 1 N–H and O–H groups in total. The number of nitrogens with one attached hydrogen (secondary N) is 1. The van der Waals surface area contributed by atoms with Gasteiger partial charge in [0.25, 0.3) is 5.91 Å². The standard InChI is InChI=1S/C17H25ClN2O3S/c1-11(19-15(21)13-5-6-14(18)24-13)12-7-9-20(10-8-12)16(22)23-17(2,3)4/h5-6,11-12H,7-10H2,1-4H3,(H,19,21). The molecule has 1 fully saturated rings. The Hall–Kier alpha value is -1.27. The van der Waals surface area contributed by atoms with Crippen LogP contribution in [0.3, 0.4) is 0 Å². The van der Waals surface area contributed by atoms with Crippen LogP contribution in [0.25, 0.3) is 0 Å². The van der Waals surface area contributed by atoms with Crippen LogP contribution < -0.4 is 5.32 Å². The van der Waals surface area contributed by atoms with Crippen molar-refractivity contribution in [2.45, 2.75) is 52.2 Å². The fraction of sp³-hybridized carbons (Fsp3) is 0.647. The van der Waals surface area contributed by atoms with E-state index in [2.05, 4.69) is 5.32 Å². The minimum absolute atomic E-state index is 0.0548. The highest BCUT2D eigenvalue weighted by Gasteiger charge is 2.29. The first-order valence-electron chi connectivity index (χ1n) is 8.20. The van der Waals surface area contributed by atoms with E-state index in [1.54, 1.807) is 17.0 Å². The first-order valence-corrected chi connectivity index (χ1v) is 9.39. The van der Waals surface area contributed by atoms with Crippen LogP contribution >= 0.6 is 22.9 Å². The molecular formula is C17H25ClN2O3S. The zero-order valence-corrected chi connectivity index (χ0v) is 16.2. The van der Waals surface area contributed by atoms with Crippen LogP contribution in [-0.2, 0) is 4.74 Å². The van der Waals surface area contributed by atoms with Gasteiger partial charge in [-0.1, -0.05) is 11.6 Å². The van der Waals surface area contributed by atoms with Crippen molar-refractivity contribution >= 4 is 34.9 Å². The zero-order chi connectivity index (χ0) is 17.9. The van der Waals surface area contributed by atoms with Crippen molar-refractivity contribution < 1.29 is 14.3 Å². The summed E-state index contributed by atoms with van der Waals surface area (Å²) < 4.78 is 6.01. The predicted molar refractivity (Wildman–Crippen MR) is 96.8 cm³/mol. The molecule has 2 rings (SSSR count). The third-order valence-corrected chi connectivity index (χ3v) is 5.28. The molecule has 1 saturated heterocycles. The number of piperidine rings is 1. The van der Waals surface area contributed by atoms with Crippen LogP contribution in [0.2, 0.25) is 4.34 Å². The highest BCUT2D eigenvalue weighted by atomic mass is 35.5. The number of ether oxygens (including phenoxy) is 1. The van der Waals surface area contributed by atoms with Crippen LogP contribution in [0.5, 0.6) is 0 Å². The number of amides is 2. The summed E-state index contributed by atoms with van der Waals surface area (Å²) in [5.74, 6) is 0.261. The Balaban J connectivity index is 1.81. The minimum atomic E-state index is -0.475. The molecule has 1 aliphatic heterocycles. The van der Waals surface area contributed by atoms with Gasteiger partial charge in [0, 0.05) is 19.1 Å². The summed E-state index contributed by atoms with van der Waals surface area (Å²) in [5.41, 5.74) is -0.475. The molecule has 0 bridgehead atoms. The largest absolute Gasteiger partial charge is 0.444 e. The van der Waals surface area contributed by atoms with Gasteiger partial charge < -0.3 is 15.0 Å². The molecule has 24 heavy (non-hydrogen) atoms. The molecule has 1 unspecified atom stereocenters. The summed E-state index contributed by atoms with van der Waals surface area (Å²) in [7, 11) is 0. The molecule has 1 aromatic heterocycles. The van der Waals surface area contributed by atoms with Gasteiger partial charge in [0.2, 0.25) is 0 Å². The molecule has 0 radical (unpaired) electrons.